The number of fused-ring (bicyclic) bond motifs is 1. The molecule has 1 aliphatic carbocycles. The van der Waals surface area contributed by atoms with E-state index in [1.807, 2.05) is 0 Å². The van der Waals surface area contributed by atoms with E-state index in [0.29, 0.717) is 12.5 Å². The van der Waals surface area contributed by atoms with Crippen molar-refractivity contribution in [3.05, 3.63) is 24.0 Å². The molecule has 6 heteroatoms. The highest BCUT2D eigenvalue weighted by molar-refractivity contribution is 7.89. The number of hydrogen-bond donors (Lipinski definition) is 1. The van der Waals surface area contributed by atoms with Gasteiger partial charge in [-0.3, -0.25) is 0 Å². The van der Waals surface area contributed by atoms with Crippen molar-refractivity contribution in [2.24, 2.45) is 5.92 Å². The van der Waals surface area contributed by atoms with Crippen LogP contribution in [0.3, 0.4) is 0 Å². The summed E-state index contributed by atoms with van der Waals surface area (Å²) in [5, 5.41) is 0. The first-order valence-electron chi connectivity index (χ1n) is 7.07. The van der Waals surface area contributed by atoms with Gasteiger partial charge < -0.3 is 5.73 Å². The van der Waals surface area contributed by atoms with Gasteiger partial charge in [-0.25, -0.2) is 12.8 Å². The van der Waals surface area contributed by atoms with Gasteiger partial charge in [0.15, 0.2) is 0 Å². The minimum Gasteiger partial charge on any atom is -0.399 e. The zero-order chi connectivity index (χ0) is 14.3. The summed E-state index contributed by atoms with van der Waals surface area (Å²) >= 11 is 0. The minimum absolute atomic E-state index is 0.0366. The van der Waals surface area contributed by atoms with Crippen LogP contribution < -0.4 is 5.73 Å². The molecule has 0 radical (unpaired) electrons. The molecule has 2 aliphatic rings. The summed E-state index contributed by atoms with van der Waals surface area (Å²) in [6, 6.07) is 3.76. The molecule has 20 heavy (non-hydrogen) atoms. The van der Waals surface area contributed by atoms with Gasteiger partial charge in [0.05, 0.1) is 0 Å². The zero-order valence-corrected chi connectivity index (χ0v) is 12.1. The molecular formula is C14H19FN2O2S. The first kappa shape index (κ1) is 13.8. The van der Waals surface area contributed by atoms with Crippen molar-refractivity contribution < 1.29 is 12.8 Å². The van der Waals surface area contributed by atoms with E-state index in [0.717, 1.165) is 38.2 Å². The Morgan fingerprint density at radius 2 is 1.95 bits per heavy atom. The molecule has 1 aliphatic heterocycles. The molecule has 2 fully saturated rings. The van der Waals surface area contributed by atoms with Crippen molar-refractivity contribution in [1.82, 2.24) is 4.31 Å². The summed E-state index contributed by atoms with van der Waals surface area (Å²) in [5.41, 5.74) is 5.88. The molecule has 0 amide bonds. The van der Waals surface area contributed by atoms with E-state index in [-0.39, 0.29) is 16.6 Å². The quantitative estimate of drug-likeness (QED) is 0.853. The maximum Gasteiger partial charge on any atom is 0.246 e. The van der Waals surface area contributed by atoms with E-state index in [9.17, 15) is 12.8 Å². The fourth-order valence-corrected chi connectivity index (χ4v) is 5.41. The van der Waals surface area contributed by atoms with Crippen LogP contribution in [-0.4, -0.2) is 25.3 Å². The van der Waals surface area contributed by atoms with E-state index < -0.39 is 15.8 Å². The second-order valence-electron chi connectivity index (χ2n) is 5.71. The van der Waals surface area contributed by atoms with Crippen LogP contribution in [0.4, 0.5) is 10.1 Å². The lowest BCUT2D eigenvalue weighted by atomic mass is 9.94. The number of hydrogen-bond acceptors (Lipinski definition) is 3. The second-order valence-corrected chi connectivity index (χ2v) is 7.57. The summed E-state index contributed by atoms with van der Waals surface area (Å²) in [5.74, 6) is -0.290. The first-order chi connectivity index (χ1) is 9.50. The first-order valence-corrected chi connectivity index (χ1v) is 8.51. The molecule has 1 aromatic rings. The van der Waals surface area contributed by atoms with Gasteiger partial charge in [-0.15, -0.1) is 0 Å². The fourth-order valence-electron chi connectivity index (χ4n) is 3.55. The Labute approximate surface area is 118 Å². The van der Waals surface area contributed by atoms with Gasteiger partial charge in [0.25, 0.3) is 0 Å². The Balaban J connectivity index is 2.00. The third kappa shape index (κ3) is 2.20. The van der Waals surface area contributed by atoms with Gasteiger partial charge in [-0.2, -0.15) is 4.31 Å². The van der Waals surface area contributed by atoms with Crippen LogP contribution in [0, 0.1) is 11.7 Å². The van der Waals surface area contributed by atoms with Crippen molar-refractivity contribution in [1.29, 1.82) is 0 Å². The van der Waals surface area contributed by atoms with Crippen molar-refractivity contribution >= 4 is 15.7 Å². The van der Waals surface area contributed by atoms with E-state index in [2.05, 4.69) is 0 Å². The van der Waals surface area contributed by atoms with E-state index in [1.54, 1.807) is 0 Å². The highest BCUT2D eigenvalue weighted by Gasteiger charge is 2.42. The van der Waals surface area contributed by atoms with Crippen molar-refractivity contribution in [3.8, 4) is 0 Å². The monoisotopic (exact) mass is 298 g/mol. The van der Waals surface area contributed by atoms with Crippen molar-refractivity contribution in [3.63, 3.8) is 0 Å². The number of rotatable bonds is 2. The molecule has 2 N–H and O–H groups in total. The molecule has 1 saturated carbocycles. The van der Waals surface area contributed by atoms with Gasteiger partial charge in [0.2, 0.25) is 10.0 Å². The Morgan fingerprint density at radius 3 is 2.75 bits per heavy atom. The average Bonchev–Trinajstić information content (AvgIpc) is 2.89. The van der Waals surface area contributed by atoms with Gasteiger partial charge in [0, 0.05) is 18.3 Å². The fraction of sp³-hybridized carbons (Fsp3) is 0.571. The number of benzene rings is 1. The number of halogens is 1. The van der Waals surface area contributed by atoms with Crippen molar-refractivity contribution in [2.45, 2.75) is 43.0 Å². The molecule has 1 saturated heterocycles. The molecular weight excluding hydrogens is 279 g/mol. The summed E-state index contributed by atoms with van der Waals surface area (Å²) in [7, 11) is -3.79. The lowest BCUT2D eigenvalue weighted by molar-refractivity contribution is 0.201. The molecule has 2 atom stereocenters. The normalized spacial score (nSPS) is 27.4. The summed E-state index contributed by atoms with van der Waals surface area (Å²) in [4.78, 5) is -0.287. The van der Waals surface area contributed by atoms with Gasteiger partial charge in [-0.1, -0.05) is 6.42 Å². The summed E-state index contributed by atoms with van der Waals surface area (Å²) < 4.78 is 40.9. The standard InChI is InChI=1S/C14H19FN2O2S/c15-12-7-6-11(16)9-14(12)20(18,19)17-8-2-4-10-3-1-5-13(10)17/h6-7,9-10,13H,1-5,8,16H2. The highest BCUT2D eigenvalue weighted by Crippen LogP contribution is 2.39. The van der Waals surface area contributed by atoms with Crippen LogP contribution >= 0.6 is 0 Å². The van der Waals surface area contributed by atoms with Crippen LogP contribution in [-0.2, 0) is 10.0 Å². The lowest BCUT2D eigenvalue weighted by Gasteiger charge is -2.36. The van der Waals surface area contributed by atoms with Gasteiger partial charge in [0.1, 0.15) is 10.7 Å². The molecule has 1 heterocycles. The van der Waals surface area contributed by atoms with Crippen LogP contribution in [0.15, 0.2) is 23.1 Å². The molecule has 3 rings (SSSR count). The van der Waals surface area contributed by atoms with E-state index >= 15 is 0 Å². The van der Waals surface area contributed by atoms with Crippen LogP contribution in [0.25, 0.3) is 0 Å². The Bertz CT molecular complexity index is 618. The minimum atomic E-state index is -3.79. The number of piperidine rings is 1. The maximum atomic E-state index is 13.9. The van der Waals surface area contributed by atoms with E-state index in [4.69, 9.17) is 5.73 Å². The summed E-state index contributed by atoms with van der Waals surface area (Å²) in [6.45, 7) is 0.484. The predicted molar refractivity (Wildman–Crippen MR) is 75.1 cm³/mol. The summed E-state index contributed by atoms with van der Waals surface area (Å²) in [6.07, 6.45) is 4.95. The van der Waals surface area contributed by atoms with Crippen LogP contribution in [0.2, 0.25) is 0 Å². The molecule has 0 spiro atoms. The molecule has 2 unspecified atom stereocenters. The third-order valence-corrected chi connectivity index (χ3v) is 6.42. The molecule has 0 bridgehead atoms. The second kappa shape index (κ2) is 5.00. The number of anilines is 1. The Hall–Kier alpha value is -1.14. The number of nitrogen functional groups attached to an aromatic ring is 1. The van der Waals surface area contributed by atoms with Crippen molar-refractivity contribution in [2.75, 3.05) is 12.3 Å². The smallest absolute Gasteiger partial charge is 0.246 e. The van der Waals surface area contributed by atoms with Gasteiger partial charge >= 0.3 is 0 Å². The number of nitrogens with zero attached hydrogens (tertiary/aromatic N) is 1. The Morgan fingerprint density at radius 1 is 1.20 bits per heavy atom. The molecule has 1 aromatic carbocycles. The number of sulfonamides is 1. The van der Waals surface area contributed by atoms with Crippen LogP contribution in [0.5, 0.6) is 0 Å². The zero-order valence-electron chi connectivity index (χ0n) is 11.3. The highest BCUT2D eigenvalue weighted by atomic mass is 32.2. The molecule has 4 nitrogen and oxygen atoms in total. The molecule has 110 valence electrons. The SMILES string of the molecule is Nc1ccc(F)c(S(=O)(=O)N2CCCC3CCCC32)c1. The molecule has 0 aromatic heterocycles. The van der Waals surface area contributed by atoms with E-state index in [1.165, 1.54) is 16.4 Å². The maximum absolute atomic E-state index is 13.9. The van der Waals surface area contributed by atoms with Crippen LogP contribution in [0.1, 0.15) is 32.1 Å². The third-order valence-electron chi connectivity index (χ3n) is 4.48. The average molecular weight is 298 g/mol. The number of nitrogens with two attached hydrogens (primary N) is 1. The predicted octanol–water partition coefficient (Wildman–Crippen LogP) is 2.36. The largest absolute Gasteiger partial charge is 0.399 e. The lowest BCUT2D eigenvalue weighted by Crippen LogP contribution is -2.46. The topological polar surface area (TPSA) is 63.4 Å². The van der Waals surface area contributed by atoms with Gasteiger partial charge in [-0.05, 0) is 49.8 Å². The Kier molecular flexibility index (Phi) is 3.46.